The lowest BCUT2D eigenvalue weighted by Crippen LogP contribution is -2.27. The van der Waals surface area contributed by atoms with Crippen LogP contribution in [0.4, 0.5) is 5.82 Å². The fourth-order valence-electron chi connectivity index (χ4n) is 3.08. The molecule has 2 heterocycles. The van der Waals surface area contributed by atoms with E-state index in [-0.39, 0.29) is 0 Å². The number of benzene rings is 1. The lowest BCUT2D eigenvalue weighted by molar-refractivity contribution is 0.348. The SMILES string of the molecule is Cc1ncnc(NCCN2CC[C@@H](c3ccccc3)C2)c1C. The molecule has 22 heavy (non-hydrogen) atoms. The van der Waals surface area contributed by atoms with E-state index in [1.54, 1.807) is 6.33 Å². The number of aromatic nitrogens is 2. The van der Waals surface area contributed by atoms with E-state index in [0.717, 1.165) is 36.7 Å². The Kier molecular flexibility index (Phi) is 4.68. The molecule has 1 aromatic carbocycles. The fraction of sp³-hybridized carbons (Fsp3) is 0.444. The molecule has 0 bridgehead atoms. The Hall–Kier alpha value is -1.94. The largest absolute Gasteiger partial charge is 0.368 e. The van der Waals surface area contributed by atoms with Crippen molar-refractivity contribution in [3.8, 4) is 0 Å². The Balaban J connectivity index is 1.48. The molecule has 1 saturated heterocycles. The highest BCUT2D eigenvalue weighted by Gasteiger charge is 2.23. The van der Waals surface area contributed by atoms with Crippen molar-refractivity contribution >= 4 is 5.82 Å². The van der Waals surface area contributed by atoms with Gasteiger partial charge in [0.2, 0.25) is 0 Å². The Morgan fingerprint density at radius 2 is 2.00 bits per heavy atom. The van der Waals surface area contributed by atoms with Gasteiger partial charge in [-0.2, -0.15) is 0 Å². The summed E-state index contributed by atoms with van der Waals surface area (Å²) in [6.45, 7) is 8.42. The summed E-state index contributed by atoms with van der Waals surface area (Å²) in [7, 11) is 0. The third-order valence-corrected chi connectivity index (χ3v) is 4.60. The van der Waals surface area contributed by atoms with Gasteiger partial charge >= 0.3 is 0 Å². The Bertz CT molecular complexity index is 612. The zero-order valence-corrected chi connectivity index (χ0v) is 13.4. The molecule has 4 nitrogen and oxygen atoms in total. The molecule has 1 aromatic heterocycles. The van der Waals surface area contributed by atoms with E-state index < -0.39 is 0 Å². The molecule has 2 aromatic rings. The van der Waals surface area contributed by atoms with Gasteiger partial charge in [-0.1, -0.05) is 30.3 Å². The Morgan fingerprint density at radius 1 is 1.18 bits per heavy atom. The van der Waals surface area contributed by atoms with Crippen LogP contribution in [0.3, 0.4) is 0 Å². The smallest absolute Gasteiger partial charge is 0.132 e. The molecule has 3 rings (SSSR count). The fourth-order valence-corrected chi connectivity index (χ4v) is 3.08. The minimum Gasteiger partial charge on any atom is -0.368 e. The van der Waals surface area contributed by atoms with Gasteiger partial charge in [0.15, 0.2) is 0 Å². The van der Waals surface area contributed by atoms with Crippen molar-refractivity contribution in [3.63, 3.8) is 0 Å². The van der Waals surface area contributed by atoms with Gasteiger partial charge in [-0.15, -0.1) is 0 Å². The molecule has 0 radical (unpaired) electrons. The van der Waals surface area contributed by atoms with Crippen molar-refractivity contribution < 1.29 is 0 Å². The van der Waals surface area contributed by atoms with Crippen molar-refractivity contribution in [1.82, 2.24) is 14.9 Å². The Morgan fingerprint density at radius 3 is 2.82 bits per heavy atom. The number of anilines is 1. The molecule has 1 N–H and O–H groups in total. The number of likely N-dealkylation sites (tertiary alicyclic amines) is 1. The van der Waals surface area contributed by atoms with Crippen LogP contribution < -0.4 is 5.32 Å². The highest BCUT2D eigenvalue weighted by atomic mass is 15.2. The summed E-state index contributed by atoms with van der Waals surface area (Å²) in [5.41, 5.74) is 3.66. The first kappa shape index (κ1) is 15.0. The van der Waals surface area contributed by atoms with Crippen LogP contribution in [0.25, 0.3) is 0 Å². The predicted molar refractivity (Wildman–Crippen MR) is 90.2 cm³/mol. The quantitative estimate of drug-likeness (QED) is 0.921. The second kappa shape index (κ2) is 6.88. The molecule has 1 fully saturated rings. The van der Waals surface area contributed by atoms with Crippen molar-refractivity contribution in [2.45, 2.75) is 26.2 Å². The van der Waals surface area contributed by atoms with Gasteiger partial charge in [-0.3, -0.25) is 0 Å². The second-order valence-electron chi connectivity index (χ2n) is 6.06. The number of hydrogen-bond acceptors (Lipinski definition) is 4. The van der Waals surface area contributed by atoms with Crippen LogP contribution in [-0.4, -0.2) is 41.0 Å². The Labute approximate surface area is 132 Å². The molecule has 0 aliphatic carbocycles. The molecule has 0 unspecified atom stereocenters. The van der Waals surface area contributed by atoms with Crippen LogP contribution in [0, 0.1) is 13.8 Å². The van der Waals surface area contributed by atoms with Gasteiger partial charge in [0.1, 0.15) is 12.1 Å². The molecular formula is C18H24N4. The van der Waals surface area contributed by atoms with Crippen LogP contribution in [0.2, 0.25) is 0 Å². The number of rotatable bonds is 5. The number of hydrogen-bond donors (Lipinski definition) is 1. The van der Waals surface area contributed by atoms with E-state index in [2.05, 4.69) is 57.4 Å². The molecule has 116 valence electrons. The molecule has 1 aliphatic heterocycles. The molecule has 1 atom stereocenters. The lowest BCUT2D eigenvalue weighted by Gasteiger charge is -2.17. The maximum atomic E-state index is 4.33. The maximum Gasteiger partial charge on any atom is 0.132 e. The van der Waals surface area contributed by atoms with Gasteiger partial charge in [0.25, 0.3) is 0 Å². The normalized spacial score (nSPS) is 18.5. The number of nitrogens with zero attached hydrogens (tertiary/aromatic N) is 3. The van der Waals surface area contributed by atoms with E-state index >= 15 is 0 Å². The highest BCUT2D eigenvalue weighted by molar-refractivity contribution is 5.44. The monoisotopic (exact) mass is 296 g/mol. The van der Waals surface area contributed by atoms with E-state index in [1.807, 2.05) is 6.92 Å². The predicted octanol–water partition coefficient (Wildman–Crippen LogP) is 2.99. The summed E-state index contributed by atoms with van der Waals surface area (Å²) in [5, 5.41) is 3.44. The van der Waals surface area contributed by atoms with Gasteiger partial charge < -0.3 is 10.2 Å². The minimum atomic E-state index is 0.684. The summed E-state index contributed by atoms with van der Waals surface area (Å²) in [4.78, 5) is 11.1. The van der Waals surface area contributed by atoms with Crippen molar-refractivity contribution in [2.24, 2.45) is 0 Å². The molecule has 4 heteroatoms. The zero-order chi connectivity index (χ0) is 15.4. The van der Waals surface area contributed by atoms with Crippen LogP contribution >= 0.6 is 0 Å². The maximum absolute atomic E-state index is 4.33. The lowest BCUT2D eigenvalue weighted by atomic mass is 9.99. The van der Waals surface area contributed by atoms with Gasteiger partial charge in [0.05, 0.1) is 0 Å². The molecule has 1 aliphatic rings. The summed E-state index contributed by atoms with van der Waals surface area (Å²) in [6, 6.07) is 10.9. The first-order valence-corrected chi connectivity index (χ1v) is 8.03. The number of nitrogens with one attached hydrogen (secondary N) is 1. The van der Waals surface area contributed by atoms with Crippen LogP contribution in [0.5, 0.6) is 0 Å². The van der Waals surface area contributed by atoms with E-state index in [0.29, 0.717) is 5.92 Å². The van der Waals surface area contributed by atoms with Crippen molar-refractivity contribution in [1.29, 1.82) is 0 Å². The summed E-state index contributed by atoms with van der Waals surface area (Å²) in [5.74, 6) is 1.65. The van der Waals surface area contributed by atoms with Crippen LogP contribution in [0.15, 0.2) is 36.7 Å². The van der Waals surface area contributed by atoms with Crippen LogP contribution in [-0.2, 0) is 0 Å². The average molecular weight is 296 g/mol. The van der Waals surface area contributed by atoms with Gasteiger partial charge in [-0.25, -0.2) is 9.97 Å². The van der Waals surface area contributed by atoms with Crippen LogP contribution in [0.1, 0.15) is 29.2 Å². The molecule has 0 amide bonds. The minimum absolute atomic E-state index is 0.684. The molecular weight excluding hydrogens is 272 g/mol. The van der Waals surface area contributed by atoms with Gasteiger partial charge in [0, 0.05) is 30.9 Å². The average Bonchev–Trinajstić information content (AvgIpc) is 3.01. The molecule has 0 spiro atoms. The second-order valence-corrected chi connectivity index (χ2v) is 6.06. The third-order valence-electron chi connectivity index (χ3n) is 4.60. The van der Waals surface area contributed by atoms with Crippen molar-refractivity contribution in [3.05, 3.63) is 53.5 Å². The zero-order valence-electron chi connectivity index (χ0n) is 13.4. The van der Waals surface area contributed by atoms with Gasteiger partial charge in [-0.05, 0) is 38.3 Å². The third kappa shape index (κ3) is 3.45. The van der Waals surface area contributed by atoms with E-state index in [4.69, 9.17) is 0 Å². The summed E-state index contributed by atoms with van der Waals surface area (Å²) < 4.78 is 0. The molecule has 0 saturated carbocycles. The highest BCUT2D eigenvalue weighted by Crippen LogP contribution is 2.26. The topological polar surface area (TPSA) is 41.1 Å². The standard InChI is InChI=1S/C18H24N4/c1-14-15(2)20-13-21-18(14)19-9-11-22-10-8-17(12-22)16-6-4-3-5-7-16/h3-7,13,17H,8-12H2,1-2H3,(H,19,20,21)/t17-/m1/s1. The van der Waals surface area contributed by atoms with Crippen molar-refractivity contribution in [2.75, 3.05) is 31.5 Å². The summed E-state index contributed by atoms with van der Waals surface area (Å²) in [6.07, 6.45) is 2.89. The van der Waals surface area contributed by atoms with E-state index in [9.17, 15) is 0 Å². The first-order chi connectivity index (χ1) is 10.7. The summed E-state index contributed by atoms with van der Waals surface area (Å²) >= 11 is 0. The number of aryl methyl sites for hydroxylation is 1. The first-order valence-electron chi connectivity index (χ1n) is 8.03. The van der Waals surface area contributed by atoms with E-state index in [1.165, 1.54) is 18.5 Å².